The molecule has 0 amide bonds. The molecule has 6 nitrogen and oxygen atoms in total. The topological polar surface area (TPSA) is 132 Å². The standard InChI is InChI=1S/3CHNO.K.Ru/c3*2-1-3;;/h3*3H;;. The van der Waals surface area contributed by atoms with Crippen LogP contribution in [-0.2, 0) is 19.5 Å². The summed E-state index contributed by atoms with van der Waals surface area (Å²) in [6.07, 6.45) is 2.25. The van der Waals surface area contributed by atoms with E-state index in [1.807, 2.05) is 0 Å². The molecular formula is C3H3KN3O3Ru. The van der Waals surface area contributed by atoms with Gasteiger partial charge in [-0.05, 0) is 0 Å². The SMILES string of the molecule is N#CO.N#CO.N#CO.[K].[Ru]. The van der Waals surface area contributed by atoms with Gasteiger partial charge in [0.05, 0.1) is 0 Å². The summed E-state index contributed by atoms with van der Waals surface area (Å²) < 4.78 is 0. The summed E-state index contributed by atoms with van der Waals surface area (Å²) in [6, 6.07) is 0. The first kappa shape index (κ1) is 30.4. The fraction of sp³-hybridized carbons (Fsp3) is 0. The van der Waals surface area contributed by atoms with Crippen LogP contribution in [0.3, 0.4) is 0 Å². The smallest absolute Gasteiger partial charge is 0.283 e. The van der Waals surface area contributed by atoms with Crippen molar-refractivity contribution in [3.05, 3.63) is 0 Å². The number of hydrogen-bond donors (Lipinski definition) is 3. The second kappa shape index (κ2) is 86.2. The normalized spacial score (nSPS) is 1.91. The molecule has 0 fully saturated rings. The second-order valence-electron chi connectivity index (χ2n) is 0.300. The Balaban J connectivity index is -0.0000000150. The van der Waals surface area contributed by atoms with Crippen LogP contribution in [0.5, 0.6) is 0 Å². The van der Waals surface area contributed by atoms with Gasteiger partial charge in [-0.3, -0.25) is 0 Å². The van der Waals surface area contributed by atoms with Crippen molar-refractivity contribution in [3.8, 4) is 18.8 Å². The van der Waals surface area contributed by atoms with E-state index in [0.717, 1.165) is 18.8 Å². The third kappa shape index (κ3) is 39800. The van der Waals surface area contributed by atoms with E-state index >= 15 is 0 Å². The molecule has 0 bridgehead atoms. The molecular weight excluding hydrogens is 266 g/mol. The largest absolute Gasteiger partial charge is 0.443 e. The van der Waals surface area contributed by atoms with E-state index in [1.54, 1.807) is 0 Å². The molecule has 0 saturated heterocycles. The van der Waals surface area contributed by atoms with Crippen molar-refractivity contribution in [2.24, 2.45) is 0 Å². The third-order valence-electron chi connectivity index (χ3n) is 0. The number of nitriles is 3. The van der Waals surface area contributed by atoms with Gasteiger partial charge in [-0.1, -0.05) is 0 Å². The van der Waals surface area contributed by atoms with E-state index in [0.29, 0.717) is 0 Å². The molecule has 0 spiro atoms. The zero-order valence-electron chi connectivity index (χ0n) is 5.54. The third-order valence-corrected chi connectivity index (χ3v) is 0. The summed E-state index contributed by atoms with van der Waals surface area (Å²) in [4.78, 5) is 0. The van der Waals surface area contributed by atoms with Crippen molar-refractivity contribution < 1.29 is 34.8 Å². The molecule has 57 valence electrons. The Morgan fingerprint density at radius 1 is 0.727 bits per heavy atom. The van der Waals surface area contributed by atoms with Gasteiger partial charge in [0, 0.05) is 70.9 Å². The number of rotatable bonds is 0. The number of nitrogens with zero attached hydrogens (tertiary/aromatic N) is 3. The molecule has 8 heteroatoms. The Bertz CT molecular complexity index is 117. The van der Waals surface area contributed by atoms with Gasteiger partial charge in [0.1, 0.15) is 0 Å². The van der Waals surface area contributed by atoms with Gasteiger partial charge in [-0.25, -0.2) is 0 Å². The van der Waals surface area contributed by atoms with Crippen molar-refractivity contribution >= 4 is 51.4 Å². The molecule has 0 rings (SSSR count). The molecule has 1 radical (unpaired) electrons. The number of aliphatic hydroxyl groups excluding tert-OH is 3. The number of aliphatic hydroxyl groups is 3. The van der Waals surface area contributed by atoms with Crippen LogP contribution < -0.4 is 0 Å². The van der Waals surface area contributed by atoms with Gasteiger partial charge >= 0.3 is 0 Å². The molecule has 0 aromatic heterocycles. The molecule has 3 N–H and O–H groups in total. The minimum atomic E-state index is 0. The molecule has 11 heavy (non-hydrogen) atoms. The van der Waals surface area contributed by atoms with Gasteiger partial charge in [-0.2, -0.15) is 15.8 Å². The predicted molar refractivity (Wildman–Crippen MR) is 28.4 cm³/mol. The van der Waals surface area contributed by atoms with Gasteiger partial charge < -0.3 is 15.3 Å². The summed E-state index contributed by atoms with van der Waals surface area (Å²) in [7, 11) is 0. The van der Waals surface area contributed by atoms with E-state index in [4.69, 9.17) is 31.1 Å². The monoisotopic (exact) mass is 270 g/mol. The first-order chi connectivity index (χ1) is 4.24. The Kier molecular flexibility index (Phi) is 238. The Labute approximate surface area is 119 Å². The van der Waals surface area contributed by atoms with Crippen LogP contribution in [-0.4, -0.2) is 66.7 Å². The zero-order chi connectivity index (χ0) is 8.12. The second-order valence-corrected chi connectivity index (χ2v) is 0.300. The van der Waals surface area contributed by atoms with E-state index in [9.17, 15) is 0 Å². The molecule has 0 saturated carbocycles. The van der Waals surface area contributed by atoms with Gasteiger partial charge in [-0.15, -0.1) is 0 Å². The Morgan fingerprint density at radius 3 is 0.727 bits per heavy atom. The summed E-state index contributed by atoms with van der Waals surface area (Å²) in [5, 5.41) is 41.2. The van der Waals surface area contributed by atoms with E-state index in [2.05, 4.69) is 0 Å². The number of hydrogen-bond acceptors (Lipinski definition) is 6. The van der Waals surface area contributed by atoms with Crippen molar-refractivity contribution in [3.63, 3.8) is 0 Å². The molecule has 0 unspecified atom stereocenters. The molecule has 0 aliphatic rings. The molecule has 0 aliphatic heterocycles. The minimum Gasteiger partial charge on any atom is -0.443 e. The van der Waals surface area contributed by atoms with Crippen LogP contribution in [0.4, 0.5) is 0 Å². The fourth-order valence-corrected chi connectivity index (χ4v) is 0. The predicted octanol–water partition coefficient (Wildman–Crippen LogP) is -0.863. The molecule has 0 aliphatic carbocycles. The van der Waals surface area contributed by atoms with Crippen molar-refractivity contribution in [1.29, 1.82) is 15.8 Å². The fourth-order valence-electron chi connectivity index (χ4n) is 0. The van der Waals surface area contributed by atoms with Crippen LogP contribution in [0.1, 0.15) is 0 Å². The van der Waals surface area contributed by atoms with Crippen molar-refractivity contribution in [2.75, 3.05) is 0 Å². The van der Waals surface area contributed by atoms with Crippen molar-refractivity contribution in [2.45, 2.75) is 0 Å². The quantitative estimate of drug-likeness (QED) is 0.387. The summed E-state index contributed by atoms with van der Waals surface area (Å²) >= 11 is 0. The van der Waals surface area contributed by atoms with Gasteiger partial charge in [0.25, 0.3) is 18.8 Å². The molecule has 0 aromatic rings. The van der Waals surface area contributed by atoms with E-state index in [1.165, 1.54) is 0 Å². The van der Waals surface area contributed by atoms with E-state index < -0.39 is 0 Å². The molecule has 0 aromatic carbocycles. The van der Waals surface area contributed by atoms with Gasteiger partial charge in [0.2, 0.25) is 0 Å². The van der Waals surface area contributed by atoms with Crippen LogP contribution in [0.25, 0.3) is 0 Å². The zero-order valence-corrected chi connectivity index (χ0v) is 10.4. The molecule has 0 atom stereocenters. The minimum absolute atomic E-state index is 0. The summed E-state index contributed by atoms with van der Waals surface area (Å²) in [5.74, 6) is 0. The van der Waals surface area contributed by atoms with Crippen LogP contribution in [0.15, 0.2) is 0 Å². The van der Waals surface area contributed by atoms with Crippen molar-refractivity contribution in [1.82, 2.24) is 0 Å². The average molecular weight is 269 g/mol. The van der Waals surface area contributed by atoms with Crippen LogP contribution in [0.2, 0.25) is 0 Å². The average Bonchev–Trinajstić information content (AvgIpc) is 1.70. The van der Waals surface area contributed by atoms with Crippen LogP contribution in [0, 0.1) is 34.6 Å². The maximum absolute atomic E-state index is 6.88. The Morgan fingerprint density at radius 2 is 0.727 bits per heavy atom. The van der Waals surface area contributed by atoms with Gasteiger partial charge in [0.15, 0.2) is 0 Å². The van der Waals surface area contributed by atoms with Crippen LogP contribution >= 0.6 is 0 Å². The Hall–Kier alpha value is 0.130. The maximum atomic E-state index is 6.88. The summed E-state index contributed by atoms with van der Waals surface area (Å²) in [5.41, 5.74) is 0. The maximum Gasteiger partial charge on any atom is 0.283 e. The van der Waals surface area contributed by atoms with E-state index in [-0.39, 0.29) is 70.9 Å². The first-order valence-electron chi connectivity index (χ1n) is 1.34. The first-order valence-corrected chi connectivity index (χ1v) is 1.34. The summed E-state index contributed by atoms with van der Waals surface area (Å²) in [6.45, 7) is 0. The molecule has 0 heterocycles.